The van der Waals surface area contributed by atoms with Gasteiger partial charge in [0.1, 0.15) is 12.6 Å². The Balaban J connectivity index is 1.83. The molecule has 4 rings (SSSR count). The molecule has 0 aromatic heterocycles. The molecular weight excluding hydrogens is 617 g/mol. The Morgan fingerprint density at radius 2 is 1.43 bits per heavy atom. The topological polar surface area (TPSA) is 86.8 Å². The van der Waals surface area contributed by atoms with Crippen molar-refractivity contribution in [3.8, 4) is 0 Å². The molecule has 0 unspecified atom stereocenters. The third-order valence-corrected chi connectivity index (χ3v) is 9.79. The maximum absolute atomic E-state index is 14.5. The first-order valence-electron chi connectivity index (χ1n) is 14.3. The number of nitrogens with zero attached hydrogens (tertiary/aromatic N) is 2. The second-order valence-corrected chi connectivity index (χ2v) is 13.0. The molecule has 0 aliphatic heterocycles. The van der Waals surface area contributed by atoms with E-state index >= 15 is 0 Å². The second kappa shape index (κ2) is 15.2. The van der Waals surface area contributed by atoms with E-state index in [2.05, 4.69) is 5.32 Å². The van der Waals surface area contributed by atoms with Gasteiger partial charge >= 0.3 is 0 Å². The lowest BCUT2D eigenvalue weighted by molar-refractivity contribution is -0.140. The summed E-state index contributed by atoms with van der Waals surface area (Å²) in [7, 11) is -4.22. The molecule has 0 radical (unpaired) electrons. The summed E-state index contributed by atoms with van der Waals surface area (Å²) < 4.78 is 29.3. The van der Waals surface area contributed by atoms with Crippen molar-refractivity contribution >= 4 is 50.7 Å². The molecule has 1 atom stereocenters. The fourth-order valence-corrected chi connectivity index (χ4v) is 6.69. The van der Waals surface area contributed by atoms with Crippen molar-refractivity contribution in [2.24, 2.45) is 0 Å². The van der Waals surface area contributed by atoms with Crippen molar-refractivity contribution in [3.05, 3.63) is 130 Å². The molecule has 0 fully saturated rings. The predicted molar refractivity (Wildman–Crippen MR) is 176 cm³/mol. The average molecular weight is 653 g/mol. The number of carbonyl (C=O) groups is 2. The molecule has 0 bridgehead atoms. The summed E-state index contributed by atoms with van der Waals surface area (Å²) in [5, 5.41) is 3.72. The minimum atomic E-state index is -4.22. The van der Waals surface area contributed by atoms with Crippen LogP contribution in [0.3, 0.4) is 0 Å². The molecule has 0 aliphatic carbocycles. The predicted octanol–water partition coefficient (Wildman–Crippen LogP) is 6.66. The zero-order valence-electron chi connectivity index (χ0n) is 24.6. The number of carbonyl (C=O) groups excluding carboxylic acids is 2. The number of rotatable bonds is 13. The molecule has 0 saturated heterocycles. The second-order valence-electron chi connectivity index (χ2n) is 10.3. The number of hydrogen-bond donors (Lipinski definition) is 1. The lowest BCUT2D eigenvalue weighted by atomic mass is 10.0. The Morgan fingerprint density at radius 1 is 0.818 bits per heavy atom. The summed E-state index contributed by atoms with van der Waals surface area (Å²) in [5.74, 6) is -0.913. The Labute approximate surface area is 269 Å². The van der Waals surface area contributed by atoms with Gasteiger partial charge in [-0.05, 0) is 60.4 Å². The normalized spacial score (nSPS) is 11.9. The first kappa shape index (κ1) is 33.1. The van der Waals surface area contributed by atoms with Gasteiger partial charge in [-0.25, -0.2) is 8.42 Å². The van der Waals surface area contributed by atoms with Gasteiger partial charge in [0.15, 0.2) is 0 Å². The highest BCUT2D eigenvalue weighted by Gasteiger charge is 2.35. The van der Waals surface area contributed by atoms with Crippen LogP contribution in [0.4, 0.5) is 5.69 Å². The van der Waals surface area contributed by atoms with Gasteiger partial charge in [0.05, 0.1) is 10.6 Å². The average Bonchev–Trinajstić information content (AvgIpc) is 3.03. The molecule has 230 valence electrons. The quantitative estimate of drug-likeness (QED) is 0.175. The van der Waals surface area contributed by atoms with Gasteiger partial charge in [-0.15, -0.1) is 0 Å². The van der Waals surface area contributed by atoms with Crippen LogP contribution in [-0.2, 0) is 32.6 Å². The van der Waals surface area contributed by atoms with Crippen molar-refractivity contribution in [2.75, 3.05) is 17.4 Å². The van der Waals surface area contributed by atoms with Crippen LogP contribution in [0.25, 0.3) is 0 Å². The van der Waals surface area contributed by atoms with E-state index in [1.165, 1.54) is 17.0 Å². The number of halogens is 2. The lowest BCUT2D eigenvalue weighted by Crippen LogP contribution is -2.53. The van der Waals surface area contributed by atoms with Crippen molar-refractivity contribution < 1.29 is 18.0 Å². The number of benzene rings is 4. The standard InChI is InChI=1S/C34H35Cl2N3O4S/c1-3-21-37-34(41)32(22-26-13-6-4-7-14-26)38(23-27-15-10-11-18-30(27)36)33(40)24-39(31-20-12-19-29(35)25(31)2)44(42,43)28-16-8-5-9-17-28/h4-20,32H,3,21-24H2,1-2H3,(H,37,41)/t32-/m1/s1. The molecule has 4 aromatic rings. The van der Waals surface area contributed by atoms with Gasteiger partial charge in [0.25, 0.3) is 10.0 Å². The third kappa shape index (κ3) is 8.00. The molecule has 1 N–H and O–H groups in total. The Bertz CT molecular complexity index is 1690. The SMILES string of the molecule is CCCNC(=O)[C@@H](Cc1ccccc1)N(Cc1ccccc1Cl)C(=O)CN(c1cccc(Cl)c1C)S(=O)(=O)c1ccccc1. The van der Waals surface area contributed by atoms with E-state index in [9.17, 15) is 18.0 Å². The molecule has 0 heterocycles. The molecule has 0 aliphatic rings. The number of amides is 2. The first-order chi connectivity index (χ1) is 21.1. The molecule has 2 amide bonds. The van der Waals surface area contributed by atoms with Gasteiger partial charge in [-0.1, -0.05) is 103 Å². The maximum atomic E-state index is 14.5. The van der Waals surface area contributed by atoms with Crippen molar-refractivity contribution in [1.29, 1.82) is 0 Å². The third-order valence-electron chi connectivity index (χ3n) is 7.24. The van der Waals surface area contributed by atoms with Crippen LogP contribution in [0.2, 0.25) is 10.0 Å². The highest BCUT2D eigenvalue weighted by Crippen LogP contribution is 2.31. The van der Waals surface area contributed by atoms with Crippen molar-refractivity contribution in [3.63, 3.8) is 0 Å². The van der Waals surface area contributed by atoms with Crippen LogP contribution in [0.15, 0.2) is 108 Å². The highest BCUT2D eigenvalue weighted by atomic mass is 35.5. The fourth-order valence-electron chi connectivity index (χ4n) is 4.83. The highest BCUT2D eigenvalue weighted by molar-refractivity contribution is 7.92. The van der Waals surface area contributed by atoms with Gasteiger partial charge in [-0.2, -0.15) is 0 Å². The van der Waals surface area contributed by atoms with Crippen LogP contribution in [-0.4, -0.2) is 44.3 Å². The molecule has 7 nitrogen and oxygen atoms in total. The van der Waals surface area contributed by atoms with E-state index in [0.29, 0.717) is 34.1 Å². The molecule has 0 spiro atoms. The number of hydrogen-bond acceptors (Lipinski definition) is 4. The summed E-state index contributed by atoms with van der Waals surface area (Å²) in [6.45, 7) is 3.49. The lowest BCUT2D eigenvalue weighted by Gasteiger charge is -2.34. The Hall–Kier alpha value is -3.85. The van der Waals surface area contributed by atoms with E-state index in [4.69, 9.17) is 23.2 Å². The zero-order chi connectivity index (χ0) is 31.7. The summed E-state index contributed by atoms with van der Waals surface area (Å²) >= 11 is 13.0. The monoisotopic (exact) mass is 651 g/mol. The molecule has 10 heteroatoms. The maximum Gasteiger partial charge on any atom is 0.264 e. The van der Waals surface area contributed by atoms with Gasteiger partial charge in [-0.3, -0.25) is 13.9 Å². The van der Waals surface area contributed by atoms with E-state index in [0.717, 1.165) is 9.87 Å². The first-order valence-corrected chi connectivity index (χ1v) is 16.5. The molecular formula is C34H35Cl2N3O4S. The minimum absolute atomic E-state index is 0.0106. The Morgan fingerprint density at radius 3 is 2.09 bits per heavy atom. The molecule has 4 aromatic carbocycles. The number of anilines is 1. The fraction of sp³-hybridized carbons (Fsp3) is 0.235. The van der Waals surface area contributed by atoms with Crippen LogP contribution in [0.5, 0.6) is 0 Å². The van der Waals surface area contributed by atoms with E-state index in [1.54, 1.807) is 67.6 Å². The van der Waals surface area contributed by atoms with Crippen LogP contribution >= 0.6 is 23.2 Å². The summed E-state index contributed by atoms with van der Waals surface area (Å²) in [6.07, 6.45) is 0.924. The minimum Gasteiger partial charge on any atom is -0.354 e. The smallest absolute Gasteiger partial charge is 0.264 e. The summed E-state index contributed by atoms with van der Waals surface area (Å²) in [6, 6.07) is 28.3. The number of sulfonamides is 1. The van der Waals surface area contributed by atoms with E-state index < -0.39 is 28.5 Å². The molecule has 0 saturated carbocycles. The van der Waals surface area contributed by atoms with E-state index in [-0.39, 0.29) is 29.5 Å². The summed E-state index contributed by atoms with van der Waals surface area (Å²) in [4.78, 5) is 29.6. The van der Waals surface area contributed by atoms with E-state index in [1.807, 2.05) is 37.3 Å². The largest absolute Gasteiger partial charge is 0.354 e. The number of nitrogens with one attached hydrogen (secondary N) is 1. The summed E-state index contributed by atoms with van der Waals surface area (Å²) in [5.41, 5.74) is 2.24. The Kier molecular flexibility index (Phi) is 11.4. The van der Waals surface area contributed by atoms with Crippen molar-refractivity contribution in [2.45, 2.75) is 44.2 Å². The van der Waals surface area contributed by atoms with Crippen LogP contribution < -0.4 is 9.62 Å². The molecule has 44 heavy (non-hydrogen) atoms. The zero-order valence-corrected chi connectivity index (χ0v) is 26.9. The van der Waals surface area contributed by atoms with Crippen LogP contribution in [0.1, 0.15) is 30.0 Å². The van der Waals surface area contributed by atoms with Crippen LogP contribution in [0, 0.1) is 6.92 Å². The van der Waals surface area contributed by atoms with Gasteiger partial charge in [0, 0.05) is 29.6 Å². The van der Waals surface area contributed by atoms with Gasteiger partial charge < -0.3 is 10.2 Å². The van der Waals surface area contributed by atoms with Gasteiger partial charge in [0.2, 0.25) is 11.8 Å². The van der Waals surface area contributed by atoms with Crippen molar-refractivity contribution in [1.82, 2.24) is 10.2 Å².